The molecule has 1 atom stereocenters. The van der Waals surface area contributed by atoms with E-state index in [1.54, 1.807) is 0 Å². The third-order valence-electron chi connectivity index (χ3n) is 2.61. The van der Waals surface area contributed by atoms with E-state index in [2.05, 4.69) is 4.99 Å². The monoisotopic (exact) mass is 280 g/mol. The number of nitrogens with zero attached hydrogens (tertiary/aromatic N) is 1. The highest BCUT2D eigenvalue weighted by atomic mass is 19.1. The third kappa shape index (κ3) is 4.81. The molecule has 5 nitrogen and oxygen atoms in total. The summed E-state index contributed by atoms with van der Waals surface area (Å²) in [6.07, 6.45) is 4.90. The number of carbonyl (C=O) groups is 1. The van der Waals surface area contributed by atoms with E-state index in [1.165, 1.54) is 36.6 Å². The van der Waals surface area contributed by atoms with Crippen LogP contribution in [0.25, 0.3) is 6.08 Å². The van der Waals surface area contributed by atoms with Crippen LogP contribution >= 0.6 is 0 Å². The molecule has 1 unspecified atom stereocenters. The van der Waals surface area contributed by atoms with Crippen LogP contribution in [0, 0.1) is 5.82 Å². The Bertz CT molecular complexity index is 495. The lowest BCUT2D eigenvalue weighted by atomic mass is 10.1. The Balaban J connectivity index is 2.71. The summed E-state index contributed by atoms with van der Waals surface area (Å²) in [5.41, 5.74) is 5.35. The Labute approximate surface area is 116 Å². The van der Waals surface area contributed by atoms with E-state index >= 15 is 0 Å². The number of phenols is 1. The van der Waals surface area contributed by atoms with Crippen LogP contribution in [0.1, 0.15) is 18.4 Å². The van der Waals surface area contributed by atoms with E-state index in [0.29, 0.717) is 19.4 Å². The quantitative estimate of drug-likeness (QED) is 0.664. The molecule has 108 valence electrons. The minimum Gasteiger partial charge on any atom is -0.507 e. The highest BCUT2D eigenvalue weighted by Crippen LogP contribution is 2.20. The van der Waals surface area contributed by atoms with E-state index in [-0.39, 0.29) is 11.3 Å². The smallest absolute Gasteiger partial charge is 0.328 e. The van der Waals surface area contributed by atoms with Gasteiger partial charge in [0.2, 0.25) is 0 Å². The van der Waals surface area contributed by atoms with Crippen LogP contribution in [0.4, 0.5) is 4.39 Å². The van der Waals surface area contributed by atoms with Gasteiger partial charge < -0.3 is 15.9 Å². The zero-order valence-electron chi connectivity index (χ0n) is 10.9. The van der Waals surface area contributed by atoms with Gasteiger partial charge in [-0.2, -0.15) is 0 Å². The molecule has 4 N–H and O–H groups in total. The number of aliphatic imine (C=N–C) groups is 1. The Morgan fingerprint density at radius 1 is 1.50 bits per heavy atom. The molecule has 0 aliphatic carbocycles. The molecular weight excluding hydrogens is 263 g/mol. The molecule has 20 heavy (non-hydrogen) atoms. The van der Waals surface area contributed by atoms with Crippen molar-refractivity contribution in [1.29, 1.82) is 0 Å². The maximum absolute atomic E-state index is 13.4. The van der Waals surface area contributed by atoms with Gasteiger partial charge in [-0.15, -0.1) is 0 Å². The van der Waals surface area contributed by atoms with Crippen molar-refractivity contribution in [3.05, 3.63) is 35.7 Å². The van der Waals surface area contributed by atoms with Crippen LogP contribution in [0.5, 0.6) is 5.75 Å². The fourth-order valence-electron chi connectivity index (χ4n) is 1.56. The number of benzene rings is 1. The van der Waals surface area contributed by atoms with Crippen molar-refractivity contribution in [2.24, 2.45) is 10.7 Å². The lowest BCUT2D eigenvalue weighted by Gasteiger charge is -2.04. The Hall–Kier alpha value is -2.21. The van der Waals surface area contributed by atoms with Gasteiger partial charge >= 0.3 is 5.97 Å². The van der Waals surface area contributed by atoms with Crippen LogP contribution < -0.4 is 5.73 Å². The summed E-state index contributed by atoms with van der Waals surface area (Å²) < 4.78 is 13.4. The summed E-state index contributed by atoms with van der Waals surface area (Å²) in [6, 6.07) is 3.11. The number of carboxylic acid groups (broad SMARTS) is 1. The van der Waals surface area contributed by atoms with Crippen molar-refractivity contribution in [1.82, 2.24) is 0 Å². The largest absolute Gasteiger partial charge is 0.507 e. The first-order valence-corrected chi connectivity index (χ1v) is 6.16. The fraction of sp³-hybridized carbons (Fsp3) is 0.286. The van der Waals surface area contributed by atoms with E-state index in [1.807, 2.05) is 0 Å². The summed E-state index contributed by atoms with van der Waals surface area (Å²) in [7, 11) is 0. The van der Waals surface area contributed by atoms with Gasteiger partial charge in [0.25, 0.3) is 0 Å². The van der Waals surface area contributed by atoms with Crippen molar-refractivity contribution in [3.8, 4) is 5.75 Å². The Morgan fingerprint density at radius 3 is 2.85 bits per heavy atom. The van der Waals surface area contributed by atoms with E-state index in [0.717, 1.165) is 0 Å². The van der Waals surface area contributed by atoms with Gasteiger partial charge in [0.15, 0.2) is 0 Å². The molecule has 1 rings (SSSR count). The first kappa shape index (κ1) is 15.8. The lowest BCUT2D eigenvalue weighted by molar-refractivity contribution is -0.138. The zero-order valence-corrected chi connectivity index (χ0v) is 10.9. The van der Waals surface area contributed by atoms with Gasteiger partial charge in [0.1, 0.15) is 17.6 Å². The maximum Gasteiger partial charge on any atom is 0.328 e. The average Bonchev–Trinajstić information content (AvgIpc) is 2.40. The molecule has 0 aromatic heterocycles. The molecule has 0 bridgehead atoms. The number of nitrogens with two attached hydrogens (primary N) is 1. The average molecular weight is 280 g/mol. The molecule has 0 radical (unpaired) electrons. The Kier molecular flexibility index (Phi) is 6.39. The number of carboxylic acids is 1. The minimum absolute atomic E-state index is 0.0350. The number of hydrogen-bond donors (Lipinski definition) is 3. The summed E-state index contributed by atoms with van der Waals surface area (Å²) in [4.78, 5) is 14.8. The molecule has 0 aliphatic heterocycles. The molecule has 0 aliphatic rings. The predicted molar refractivity (Wildman–Crippen MR) is 75.3 cm³/mol. The third-order valence-corrected chi connectivity index (χ3v) is 2.61. The second-order valence-corrected chi connectivity index (χ2v) is 4.11. The molecule has 0 saturated heterocycles. The van der Waals surface area contributed by atoms with Crippen LogP contribution in [0.15, 0.2) is 29.3 Å². The van der Waals surface area contributed by atoms with Crippen LogP contribution in [-0.2, 0) is 4.79 Å². The highest BCUT2D eigenvalue weighted by molar-refractivity contribution is 5.82. The van der Waals surface area contributed by atoms with Crippen LogP contribution in [-0.4, -0.2) is 35.0 Å². The summed E-state index contributed by atoms with van der Waals surface area (Å²) >= 11 is 0. The fourth-order valence-corrected chi connectivity index (χ4v) is 1.56. The number of allylic oxidation sites excluding steroid dienone is 1. The second kappa shape index (κ2) is 8.06. The molecule has 6 heteroatoms. The first-order valence-electron chi connectivity index (χ1n) is 6.16. The van der Waals surface area contributed by atoms with Gasteiger partial charge in [0.05, 0.1) is 5.56 Å². The van der Waals surface area contributed by atoms with Gasteiger partial charge in [-0.25, -0.2) is 9.18 Å². The van der Waals surface area contributed by atoms with Gasteiger partial charge in [-0.05, 0) is 43.7 Å². The molecule has 0 saturated carbocycles. The second-order valence-electron chi connectivity index (χ2n) is 4.11. The minimum atomic E-state index is -1.03. The Morgan fingerprint density at radius 2 is 2.25 bits per heavy atom. The molecule has 1 aromatic carbocycles. The number of halogens is 1. The number of phenolic OH excluding ortho intramolecular Hbond substituents is 1. The molecule has 0 amide bonds. The SMILES string of the molecule is NCCCC(N=C/C=C/c1c(O)cccc1F)C(=O)O. The standard InChI is InChI=1S/C14H17FN2O3/c15-11-5-1-7-13(18)10(11)4-3-9-17-12(14(19)20)6-2-8-16/h1,3-5,7,9,12,18H,2,6,8,16H2,(H,19,20)/b4-3+,17-9?. The van der Waals surface area contributed by atoms with Crippen molar-refractivity contribution in [3.63, 3.8) is 0 Å². The van der Waals surface area contributed by atoms with Gasteiger partial charge in [-0.3, -0.25) is 4.99 Å². The van der Waals surface area contributed by atoms with Crippen molar-refractivity contribution in [2.45, 2.75) is 18.9 Å². The van der Waals surface area contributed by atoms with Crippen molar-refractivity contribution in [2.75, 3.05) is 6.54 Å². The lowest BCUT2D eigenvalue weighted by Crippen LogP contribution is -2.19. The molecule has 0 spiro atoms. The van der Waals surface area contributed by atoms with E-state index in [9.17, 15) is 14.3 Å². The topological polar surface area (TPSA) is 95.9 Å². The highest BCUT2D eigenvalue weighted by Gasteiger charge is 2.13. The molecular formula is C14H17FN2O3. The maximum atomic E-state index is 13.4. The summed E-state index contributed by atoms with van der Waals surface area (Å²) in [5, 5.41) is 18.4. The van der Waals surface area contributed by atoms with E-state index in [4.69, 9.17) is 10.8 Å². The number of aliphatic carboxylic acids is 1. The molecule has 0 fully saturated rings. The normalized spacial score (nSPS) is 13.1. The molecule has 0 heterocycles. The van der Waals surface area contributed by atoms with Gasteiger partial charge in [-0.1, -0.05) is 6.07 Å². The predicted octanol–water partition coefficient (Wildman–Crippen LogP) is 1.81. The number of aromatic hydroxyl groups is 1. The number of hydrogen-bond acceptors (Lipinski definition) is 4. The summed E-state index contributed by atoms with van der Waals surface area (Å²) in [5.74, 6) is -1.78. The van der Waals surface area contributed by atoms with Crippen molar-refractivity contribution < 1.29 is 19.4 Å². The number of rotatable bonds is 7. The van der Waals surface area contributed by atoms with Crippen molar-refractivity contribution >= 4 is 18.3 Å². The van der Waals surface area contributed by atoms with Gasteiger partial charge in [0, 0.05) is 6.21 Å². The van der Waals surface area contributed by atoms with Crippen LogP contribution in [0.3, 0.4) is 0 Å². The van der Waals surface area contributed by atoms with Crippen LogP contribution in [0.2, 0.25) is 0 Å². The van der Waals surface area contributed by atoms with E-state index < -0.39 is 17.8 Å². The first-order chi connectivity index (χ1) is 9.56. The summed E-state index contributed by atoms with van der Waals surface area (Å²) in [6.45, 7) is 0.401. The molecule has 1 aromatic rings. The zero-order chi connectivity index (χ0) is 15.0.